The van der Waals surface area contributed by atoms with Crippen molar-refractivity contribution in [2.75, 3.05) is 20.1 Å². The largest absolute Gasteiger partial charge is 0.316 e. The fourth-order valence-corrected chi connectivity index (χ4v) is 3.37. The molecular formula is C15H26N2S. The minimum Gasteiger partial charge on any atom is -0.316 e. The number of thiophene rings is 1. The first-order valence-corrected chi connectivity index (χ1v) is 8.03. The molecule has 1 heterocycles. The molecule has 102 valence electrons. The highest BCUT2D eigenvalue weighted by Crippen LogP contribution is 2.31. The van der Waals surface area contributed by atoms with E-state index in [2.05, 4.69) is 47.9 Å². The normalized spacial score (nSPS) is 23.6. The maximum atomic E-state index is 3.61. The first-order valence-electron chi connectivity index (χ1n) is 7.09. The van der Waals surface area contributed by atoms with Crippen molar-refractivity contribution >= 4 is 11.3 Å². The molecule has 1 saturated carbocycles. The number of hydrogen-bond donors (Lipinski definition) is 1. The van der Waals surface area contributed by atoms with E-state index in [1.807, 2.05) is 0 Å². The molecule has 2 atom stereocenters. The second-order valence-electron chi connectivity index (χ2n) is 6.00. The average Bonchev–Trinajstić information content (AvgIpc) is 2.74. The number of nitrogens with one attached hydrogen (secondary N) is 1. The molecule has 2 rings (SSSR count). The molecule has 2 unspecified atom stereocenters. The van der Waals surface area contributed by atoms with E-state index in [-0.39, 0.29) is 0 Å². The topological polar surface area (TPSA) is 15.3 Å². The zero-order valence-electron chi connectivity index (χ0n) is 11.9. The van der Waals surface area contributed by atoms with Gasteiger partial charge in [0.2, 0.25) is 0 Å². The van der Waals surface area contributed by atoms with Crippen LogP contribution in [0.4, 0.5) is 0 Å². The van der Waals surface area contributed by atoms with Crippen LogP contribution in [0.15, 0.2) is 16.8 Å². The minimum atomic E-state index is 0.757. The summed E-state index contributed by atoms with van der Waals surface area (Å²) in [7, 11) is 2.27. The molecule has 0 aliphatic heterocycles. The summed E-state index contributed by atoms with van der Waals surface area (Å²) in [5.74, 6) is 1.61. The van der Waals surface area contributed by atoms with E-state index in [0.29, 0.717) is 0 Å². The van der Waals surface area contributed by atoms with Crippen molar-refractivity contribution in [3.8, 4) is 0 Å². The van der Waals surface area contributed by atoms with Gasteiger partial charge in [-0.05, 0) is 67.2 Å². The Bertz CT molecular complexity index is 334. The molecule has 18 heavy (non-hydrogen) atoms. The average molecular weight is 266 g/mol. The van der Waals surface area contributed by atoms with Crippen molar-refractivity contribution in [2.24, 2.45) is 11.8 Å². The molecule has 1 aliphatic carbocycles. The van der Waals surface area contributed by atoms with E-state index in [1.54, 1.807) is 11.3 Å². The van der Waals surface area contributed by atoms with Gasteiger partial charge in [0.25, 0.3) is 0 Å². The van der Waals surface area contributed by atoms with Crippen molar-refractivity contribution in [1.82, 2.24) is 10.2 Å². The van der Waals surface area contributed by atoms with Crippen LogP contribution in [0.2, 0.25) is 0 Å². The Kier molecular flexibility index (Phi) is 5.22. The predicted molar refractivity (Wildman–Crippen MR) is 80.0 cm³/mol. The third-order valence-corrected chi connectivity index (χ3v) is 4.65. The summed E-state index contributed by atoms with van der Waals surface area (Å²) in [5.41, 5.74) is 1.46. The highest BCUT2D eigenvalue weighted by atomic mass is 32.1. The van der Waals surface area contributed by atoms with E-state index >= 15 is 0 Å². The molecule has 1 aromatic heterocycles. The fourth-order valence-electron chi connectivity index (χ4n) is 2.72. The van der Waals surface area contributed by atoms with Gasteiger partial charge in [0, 0.05) is 12.6 Å². The standard InChI is InChI=1S/C15H26N2S/c1-12(2)8-16-9-14-4-5-15(14)17(3)10-13-6-7-18-11-13/h6-7,11-12,14-16H,4-5,8-10H2,1-3H3. The summed E-state index contributed by atoms with van der Waals surface area (Å²) >= 11 is 1.80. The van der Waals surface area contributed by atoms with Crippen LogP contribution in [0.1, 0.15) is 32.3 Å². The third kappa shape index (κ3) is 3.81. The van der Waals surface area contributed by atoms with E-state index < -0.39 is 0 Å². The lowest BCUT2D eigenvalue weighted by atomic mass is 9.78. The van der Waals surface area contributed by atoms with E-state index in [4.69, 9.17) is 0 Å². The number of hydrogen-bond acceptors (Lipinski definition) is 3. The molecule has 2 nitrogen and oxygen atoms in total. The van der Waals surface area contributed by atoms with Gasteiger partial charge < -0.3 is 5.32 Å². The van der Waals surface area contributed by atoms with Gasteiger partial charge in [0.1, 0.15) is 0 Å². The van der Waals surface area contributed by atoms with Crippen LogP contribution in [-0.2, 0) is 6.54 Å². The lowest BCUT2D eigenvalue weighted by Crippen LogP contribution is -2.48. The van der Waals surface area contributed by atoms with Crippen LogP contribution in [0.3, 0.4) is 0 Å². The van der Waals surface area contributed by atoms with E-state index in [9.17, 15) is 0 Å². The molecular weight excluding hydrogens is 240 g/mol. The Hall–Kier alpha value is -0.380. The van der Waals surface area contributed by atoms with Crippen molar-refractivity contribution in [3.05, 3.63) is 22.4 Å². The van der Waals surface area contributed by atoms with Crippen molar-refractivity contribution in [2.45, 2.75) is 39.3 Å². The molecule has 0 saturated heterocycles. The summed E-state index contributed by atoms with van der Waals surface area (Å²) in [6.45, 7) is 7.99. The first-order chi connectivity index (χ1) is 8.66. The third-order valence-electron chi connectivity index (χ3n) is 3.91. The highest BCUT2D eigenvalue weighted by Gasteiger charge is 2.33. The Morgan fingerprint density at radius 2 is 2.28 bits per heavy atom. The Labute approximate surface area is 115 Å². The van der Waals surface area contributed by atoms with Gasteiger partial charge in [-0.25, -0.2) is 0 Å². The molecule has 0 radical (unpaired) electrons. The SMILES string of the molecule is CC(C)CNCC1CCC1N(C)Cc1ccsc1. The lowest BCUT2D eigenvalue weighted by Gasteiger charge is -2.43. The maximum absolute atomic E-state index is 3.61. The Balaban J connectivity index is 1.72. The molecule has 1 N–H and O–H groups in total. The van der Waals surface area contributed by atoms with E-state index in [0.717, 1.165) is 31.0 Å². The zero-order valence-corrected chi connectivity index (χ0v) is 12.7. The van der Waals surface area contributed by atoms with Gasteiger partial charge in [-0.1, -0.05) is 13.8 Å². The van der Waals surface area contributed by atoms with Crippen molar-refractivity contribution < 1.29 is 0 Å². The Morgan fingerprint density at radius 3 is 2.83 bits per heavy atom. The lowest BCUT2D eigenvalue weighted by molar-refractivity contribution is 0.0777. The quantitative estimate of drug-likeness (QED) is 0.815. The smallest absolute Gasteiger partial charge is 0.0242 e. The van der Waals surface area contributed by atoms with Gasteiger partial charge in [0.15, 0.2) is 0 Å². The van der Waals surface area contributed by atoms with Gasteiger partial charge in [0.05, 0.1) is 0 Å². The van der Waals surface area contributed by atoms with Gasteiger partial charge >= 0.3 is 0 Å². The summed E-state index contributed by atoms with van der Waals surface area (Å²) in [5, 5.41) is 8.04. The van der Waals surface area contributed by atoms with Crippen LogP contribution in [0.5, 0.6) is 0 Å². The summed E-state index contributed by atoms with van der Waals surface area (Å²) in [6, 6.07) is 3.02. The van der Waals surface area contributed by atoms with Crippen LogP contribution in [0, 0.1) is 11.8 Å². The zero-order chi connectivity index (χ0) is 13.0. The predicted octanol–water partition coefficient (Wildman–Crippen LogP) is 3.20. The fraction of sp³-hybridized carbons (Fsp3) is 0.733. The summed E-state index contributed by atoms with van der Waals surface area (Å²) in [4.78, 5) is 2.53. The van der Waals surface area contributed by atoms with Crippen LogP contribution in [-0.4, -0.2) is 31.1 Å². The maximum Gasteiger partial charge on any atom is 0.0242 e. The number of nitrogens with zero attached hydrogens (tertiary/aromatic N) is 1. The molecule has 1 aromatic rings. The molecule has 0 spiro atoms. The van der Waals surface area contributed by atoms with Crippen LogP contribution < -0.4 is 5.32 Å². The monoisotopic (exact) mass is 266 g/mol. The second kappa shape index (κ2) is 6.69. The highest BCUT2D eigenvalue weighted by molar-refractivity contribution is 7.07. The molecule has 3 heteroatoms. The van der Waals surface area contributed by atoms with Gasteiger partial charge in [-0.15, -0.1) is 0 Å². The number of rotatable bonds is 7. The Morgan fingerprint density at radius 1 is 1.44 bits per heavy atom. The van der Waals surface area contributed by atoms with Crippen molar-refractivity contribution in [1.29, 1.82) is 0 Å². The molecule has 0 amide bonds. The molecule has 1 aliphatic rings. The second-order valence-corrected chi connectivity index (χ2v) is 6.78. The van der Waals surface area contributed by atoms with Crippen LogP contribution >= 0.6 is 11.3 Å². The molecule has 1 fully saturated rings. The minimum absolute atomic E-state index is 0.757. The molecule has 0 bridgehead atoms. The van der Waals surface area contributed by atoms with Gasteiger partial charge in [-0.2, -0.15) is 11.3 Å². The summed E-state index contributed by atoms with van der Waals surface area (Å²) in [6.07, 6.45) is 2.76. The van der Waals surface area contributed by atoms with E-state index in [1.165, 1.54) is 24.9 Å². The van der Waals surface area contributed by atoms with Gasteiger partial charge in [-0.3, -0.25) is 4.90 Å². The molecule has 0 aromatic carbocycles. The van der Waals surface area contributed by atoms with Crippen LogP contribution in [0.25, 0.3) is 0 Å². The van der Waals surface area contributed by atoms with Crippen molar-refractivity contribution in [3.63, 3.8) is 0 Å². The first kappa shape index (κ1) is 14.0. The summed E-state index contributed by atoms with van der Waals surface area (Å²) < 4.78 is 0.